The average molecular weight is 247 g/mol. The van der Waals surface area contributed by atoms with Crippen LogP contribution >= 0.6 is 0 Å². The van der Waals surface area contributed by atoms with Gasteiger partial charge in [-0.1, -0.05) is 13.0 Å². The minimum atomic E-state index is -0.450. The van der Waals surface area contributed by atoms with Crippen molar-refractivity contribution in [3.05, 3.63) is 29.6 Å². The van der Waals surface area contributed by atoms with Crippen molar-refractivity contribution in [3.63, 3.8) is 0 Å². The molecule has 0 aromatic heterocycles. The van der Waals surface area contributed by atoms with Crippen molar-refractivity contribution < 1.29 is 4.39 Å². The number of benzene rings is 1. The van der Waals surface area contributed by atoms with Crippen molar-refractivity contribution in [2.75, 3.05) is 25.0 Å². The Hall–Kier alpha value is -1.60. The Balaban J connectivity index is 2.03. The number of anilines is 1. The maximum absolute atomic E-state index is 13.5. The highest BCUT2D eigenvalue weighted by molar-refractivity contribution is 5.58. The first kappa shape index (κ1) is 12.8. The van der Waals surface area contributed by atoms with Crippen LogP contribution in [0, 0.1) is 17.1 Å². The molecule has 4 heteroatoms. The second-order valence-corrected chi connectivity index (χ2v) is 4.63. The summed E-state index contributed by atoms with van der Waals surface area (Å²) in [5, 5.41) is 12.3. The molecule has 0 aliphatic carbocycles. The van der Waals surface area contributed by atoms with E-state index in [9.17, 15) is 4.39 Å². The van der Waals surface area contributed by atoms with Crippen LogP contribution in [-0.2, 0) is 0 Å². The summed E-state index contributed by atoms with van der Waals surface area (Å²) in [5.41, 5.74) is 0.739. The molecule has 1 aliphatic rings. The quantitative estimate of drug-likeness (QED) is 0.892. The van der Waals surface area contributed by atoms with E-state index in [0.717, 1.165) is 32.5 Å². The van der Waals surface area contributed by atoms with Crippen molar-refractivity contribution in [1.82, 2.24) is 4.90 Å². The predicted octanol–water partition coefficient (Wildman–Crippen LogP) is 2.59. The van der Waals surface area contributed by atoms with Gasteiger partial charge in [-0.25, -0.2) is 4.39 Å². The zero-order chi connectivity index (χ0) is 13.0. The lowest BCUT2D eigenvalue weighted by atomic mass is 10.0. The number of halogens is 1. The molecule has 1 N–H and O–H groups in total. The van der Waals surface area contributed by atoms with Crippen molar-refractivity contribution in [3.8, 4) is 6.07 Å². The number of hydrogen-bond donors (Lipinski definition) is 1. The third kappa shape index (κ3) is 2.80. The van der Waals surface area contributed by atoms with Crippen molar-refractivity contribution in [1.29, 1.82) is 5.26 Å². The second kappa shape index (κ2) is 5.83. The van der Waals surface area contributed by atoms with E-state index in [4.69, 9.17) is 5.26 Å². The summed E-state index contributed by atoms with van der Waals surface area (Å²) in [6.07, 6.45) is 2.07. The van der Waals surface area contributed by atoms with Crippen LogP contribution in [0.3, 0.4) is 0 Å². The minimum Gasteiger partial charge on any atom is -0.381 e. The third-order valence-electron chi connectivity index (χ3n) is 3.52. The summed E-state index contributed by atoms with van der Waals surface area (Å²) >= 11 is 0. The number of nitrogens with one attached hydrogen (secondary N) is 1. The van der Waals surface area contributed by atoms with E-state index < -0.39 is 5.82 Å². The molecule has 0 unspecified atom stereocenters. The summed E-state index contributed by atoms with van der Waals surface area (Å²) in [7, 11) is 0. The van der Waals surface area contributed by atoms with Crippen LogP contribution in [0.15, 0.2) is 18.2 Å². The summed E-state index contributed by atoms with van der Waals surface area (Å²) in [5.74, 6) is -0.450. The number of piperidine rings is 1. The van der Waals surface area contributed by atoms with Gasteiger partial charge in [0.2, 0.25) is 0 Å². The molecular weight excluding hydrogens is 229 g/mol. The van der Waals surface area contributed by atoms with Gasteiger partial charge in [-0.15, -0.1) is 0 Å². The van der Waals surface area contributed by atoms with Gasteiger partial charge in [0.15, 0.2) is 0 Å². The van der Waals surface area contributed by atoms with Gasteiger partial charge in [0, 0.05) is 19.1 Å². The Labute approximate surface area is 107 Å². The monoisotopic (exact) mass is 247 g/mol. The minimum absolute atomic E-state index is 0.121. The molecule has 0 bridgehead atoms. The van der Waals surface area contributed by atoms with Gasteiger partial charge in [0.25, 0.3) is 0 Å². The topological polar surface area (TPSA) is 39.1 Å². The molecule has 0 atom stereocenters. The van der Waals surface area contributed by atoms with E-state index in [1.165, 1.54) is 6.07 Å². The molecule has 1 aromatic carbocycles. The Morgan fingerprint density at radius 1 is 1.44 bits per heavy atom. The fraction of sp³-hybridized carbons (Fsp3) is 0.500. The van der Waals surface area contributed by atoms with E-state index in [0.29, 0.717) is 11.7 Å². The van der Waals surface area contributed by atoms with E-state index in [2.05, 4.69) is 17.1 Å². The van der Waals surface area contributed by atoms with E-state index in [-0.39, 0.29) is 5.56 Å². The number of nitrogens with zero attached hydrogens (tertiary/aromatic N) is 2. The lowest BCUT2D eigenvalue weighted by Gasteiger charge is -2.32. The van der Waals surface area contributed by atoms with Gasteiger partial charge in [0.1, 0.15) is 17.4 Å². The van der Waals surface area contributed by atoms with E-state index >= 15 is 0 Å². The van der Waals surface area contributed by atoms with Crippen LogP contribution in [0.4, 0.5) is 10.1 Å². The first-order chi connectivity index (χ1) is 8.74. The second-order valence-electron chi connectivity index (χ2n) is 4.63. The van der Waals surface area contributed by atoms with Crippen molar-refractivity contribution in [2.24, 2.45) is 0 Å². The molecule has 2 rings (SSSR count). The maximum atomic E-state index is 13.5. The fourth-order valence-electron chi connectivity index (χ4n) is 2.37. The van der Waals surface area contributed by atoms with Gasteiger partial charge in [-0.3, -0.25) is 0 Å². The number of hydrogen-bond acceptors (Lipinski definition) is 3. The lowest BCUT2D eigenvalue weighted by molar-refractivity contribution is 0.229. The molecule has 18 heavy (non-hydrogen) atoms. The molecule has 1 aliphatic heterocycles. The first-order valence-corrected chi connectivity index (χ1v) is 6.42. The summed E-state index contributed by atoms with van der Waals surface area (Å²) in [4.78, 5) is 2.40. The standard InChI is InChI=1S/C14H18FN3/c1-2-18-8-6-11(7-9-18)17-14-5-3-4-13(15)12(14)10-16/h3-5,11,17H,2,6-9H2,1H3. The van der Waals surface area contributed by atoms with Crippen LogP contribution in [0.1, 0.15) is 25.3 Å². The van der Waals surface area contributed by atoms with Gasteiger partial charge in [-0.05, 0) is 31.5 Å². The Bertz CT molecular complexity index is 445. The maximum Gasteiger partial charge on any atom is 0.143 e. The molecule has 0 spiro atoms. The Morgan fingerprint density at radius 3 is 2.78 bits per heavy atom. The zero-order valence-corrected chi connectivity index (χ0v) is 10.6. The van der Waals surface area contributed by atoms with Gasteiger partial charge in [0.05, 0.1) is 5.69 Å². The molecule has 0 amide bonds. The highest BCUT2D eigenvalue weighted by Crippen LogP contribution is 2.21. The SMILES string of the molecule is CCN1CCC(Nc2cccc(F)c2C#N)CC1. The highest BCUT2D eigenvalue weighted by atomic mass is 19.1. The Kier molecular flexibility index (Phi) is 4.16. The Morgan fingerprint density at radius 2 is 2.17 bits per heavy atom. The van der Waals surface area contributed by atoms with Crippen LogP contribution in [0.2, 0.25) is 0 Å². The van der Waals surface area contributed by atoms with Gasteiger partial charge >= 0.3 is 0 Å². The van der Waals surface area contributed by atoms with E-state index in [1.807, 2.05) is 6.07 Å². The molecule has 1 heterocycles. The molecule has 1 fully saturated rings. The van der Waals surface area contributed by atoms with E-state index in [1.54, 1.807) is 12.1 Å². The third-order valence-corrected chi connectivity index (χ3v) is 3.52. The zero-order valence-electron chi connectivity index (χ0n) is 10.6. The molecule has 1 saturated heterocycles. The molecule has 3 nitrogen and oxygen atoms in total. The fourth-order valence-corrected chi connectivity index (χ4v) is 2.37. The molecule has 0 radical (unpaired) electrons. The first-order valence-electron chi connectivity index (χ1n) is 6.42. The van der Waals surface area contributed by atoms with Gasteiger partial charge < -0.3 is 10.2 Å². The van der Waals surface area contributed by atoms with Crippen molar-refractivity contribution in [2.45, 2.75) is 25.8 Å². The molecule has 1 aromatic rings. The molecular formula is C14H18FN3. The number of nitriles is 1. The largest absolute Gasteiger partial charge is 0.381 e. The summed E-state index contributed by atoms with van der Waals surface area (Å²) in [6.45, 7) is 5.36. The highest BCUT2D eigenvalue weighted by Gasteiger charge is 2.19. The number of rotatable bonds is 3. The van der Waals surface area contributed by atoms with Crippen LogP contribution < -0.4 is 5.32 Å². The van der Waals surface area contributed by atoms with Crippen LogP contribution in [-0.4, -0.2) is 30.6 Å². The number of likely N-dealkylation sites (tertiary alicyclic amines) is 1. The summed E-state index contributed by atoms with van der Waals surface area (Å²) in [6, 6.07) is 6.99. The predicted molar refractivity (Wildman–Crippen MR) is 69.9 cm³/mol. The van der Waals surface area contributed by atoms with Crippen molar-refractivity contribution >= 4 is 5.69 Å². The molecule has 96 valence electrons. The average Bonchev–Trinajstić information content (AvgIpc) is 2.40. The summed E-state index contributed by atoms with van der Waals surface area (Å²) < 4.78 is 13.5. The normalized spacial score (nSPS) is 17.4. The van der Waals surface area contributed by atoms with Crippen LogP contribution in [0.5, 0.6) is 0 Å². The molecule has 0 saturated carbocycles. The lowest BCUT2D eigenvalue weighted by Crippen LogP contribution is -2.39. The van der Waals surface area contributed by atoms with Gasteiger partial charge in [-0.2, -0.15) is 5.26 Å². The van der Waals surface area contributed by atoms with Crippen LogP contribution in [0.25, 0.3) is 0 Å². The smallest absolute Gasteiger partial charge is 0.143 e.